The number of aromatic hydroxyl groups is 1. The molecule has 0 aliphatic rings. The van der Waals surface area contributed by atoms with E-state index in [2.05, 4.69) is 21.2 Å². The van der Waals surface area contributed by atoms with Crippen molar-refractivity contribution in [2.24, 2.45) is 0 Å². The third-order valence-corrected chi connectivity index (χ3v) is 3.36. The number of carbonyl (C=O) groups is 1. The molecule has 1 amide bonds. The zero-order chi connectivity index (χ0) is 13.8. The molecule has 0 aliphatic carbocycles. The van der Waals surface area contributed by atoms with Crippen molar-refractivity contribution in [3.05, 3.63) is 58.1 Å². The topological polar surface area (TPSA) is 75.4 Å². The second-order valence-corrected chi connectivity index (χ2v) is 4.91. The van der Waals surface area contributed by atoms with Crippen molar-refractivity contribution in [1.29, 1.82) is 0 Å². The Labute approximate surface area is 119 Å². The molecule has 0 aliphatic heterocycles. The zero-order valence-electron chi connectivity index (χ0n) is 10.1. The molecule has 2 rings (SSSR count). The van der Waals surface area contributed by atoms with Gasteiger partial charge in [-0.1, -0.05) is 18.2 Å². The van der Waals surface area contributed by atoms with E-state index in [4.69, 9.17) is 5.73 Å². The molecule has 0 spiro atoms. The molecular formula is C14H13BrN2O2. The van der Waals surface area contributed by atoms with E-state index in [-0.39, 0.29) is 18.2 Å². The van der Waals surface area contributed by atoms with Gasteiger partial charge in [-0.15, -0.1) is 0 Å². The Kier molecular flexibility index (Phi) is 4.06. The van der Waals surface area contributed by atoms with Crippen LogP contribution in [0.4, 0.5) is 5.69 Å². The lowest BCUT2D eigenvalue weighted by Gasteiger charge is -2.08. The zero-order valence-corrected chi connectivity index (χ0v) is 11.6. The molecule has 5 heteroatoms. The van der Waals surface area contributed by atoms with Gasteiger partial charge < -0.3 is 16.2 Å². The highest BCUT2D eigenvalue weighted by Crippen LogP contribution is 2.20. The fourth-order valence-corrected chi connectivity index (χ4v) is 2.07. The van der Waals surface area contributed by atoms with Crippen molar-refractivity contribution < 1.29 is 9.90 Å². The first-order chi connectivity index (χ1) is 9.08. The van der Waals surface area contributed by atoms with Gasteiger partial charge in [0.15, 0.2) is 0 Å². The number of phenols is 1. The van der Waals surface area contributed by atoms with Gasteiger partial charge >= 0.3 is 0 Å². The maximum atomic E-state index is 12.0. The summed E-state index contributed by atoms with van der Waals surface area (Å²) in [6.45, 7) is 0.257. The molecule has 0 aromatic heterocycles. The van der Waals surface area contributed by atoms with Crippen molar-refractivity contribution in [2.75, 3.05) is 5.73 Å². The van der Waals surface area contributed by atoms with Crippen LogP contribution in [0.3, 0.4) is 0 Å². The number of para-hydroxylation sites is 1. The minimum atomic E-state index is -0.248. The molecule has 2 aromatic rings. The number of hydrogen-bond donors (Lipinski definition) is 3. The van der Waals surface area contributed by atoms with Crippen molar-refractivity contribution in [1.82, 2.24) is 5.32 Å². The Morgan fingerprint density at radius 3 is 2.74 bits per heavy atom. The summed E-state index contributed by atoms with van der Waals surface area (Å²) in [6.07, 6.45) is 0. The van der Waals surface area contributed by atoms with Gasteiger partial charge in [-0.3, -0.25) is 4.79 Å². The molecule has 19 heavy (non-hydrogen) atoms. The number of carbonyl (C=O) groups excluding carboxylic acids is 1. The Morgan fingerprint density at radius 2 is 2.00 bits per heavy atom. The molecule has 0 atom stereocenters. The Hall–Kier alpha value is -2.01. The standard InChI is InChI=1S/C14H13BrN2O2/c15-12-6-5-10(16)7-11(12)14(19)17-8-9-3-1-2-4-13(9)18/h1-7,18H,8,16H2,(H,17,19). The number of hydrogen-bond acceptors (Lipinski definition) is 3. The van der Waals surface area contributed by atoms with Crippen LogP contribution in [0.25, 0.3) is 0 Å². The lowest BCUT2D eigenvalue weighted by Crippen LogP contribution is -2.23. The van der Waals surface area contributed by atoms with E-state index in [9.17, 15) is 9.90 Å². The normalized spacial score (nSPS) is 10.2. The fraction of sp³-hybridized carbons (Fsp3) is 0.0714. The van der Waals surface area contributed by atoms with Crippen LogP contribution < -0.4 is 11.1 Å². The summed E-state index contributed by atoms with van der Waals surface area (Å²) in [4.78, 5) is 12.0. The van der Waals surface area contributed by atoms with Gasteiger partial charge in [0, 0.05) is 22.3 Å². The first-order valence-corrected chi connectivity index (χ1v) is 6.47. The third-order valence-electron chi connectivity index (χ3n) is 2.67. The lowest BCUT2D eigenvalue weighted by atomic mass is 10.1. The van der Waals surface area contributed by atoms with Gasteiger partial charge in [0.2, 0.25) is 0 Å². The van der Waals surface area contributed by atoms with Gasteiger partial charge in [-0.05, 0) is 40.2 Å². The summed E-state index contributed by atoms with van der Waals surface area (Å²) in [5.41, 5.74) is 7.31. The smallest absolute Gasteiger partial charge is 0.252 e. The Balaban J connectivity index is 2.10. The number of phenolic OH excluding ortho intramolecular Hbond substituents is 1. The van der Waals surface area contributed by atoms with E-state index in [0.29, 0.717) is 21.3 Å². The number of halogens is 1. The van der Waals surface area contributed by atoms with E-state index >= 15 is 0 Å². The molecule has 0 radical (unpaired) electrons. The molecule has 98 valence electrons. The summed E-state index contributed by atoms with van der Waals surface area (Å²) < 4.78 is 0.677. The maximum Gasteiger partial charge on any atom is 0.252 e. The molecule has 4 nitrogen and oxygen atoms in total. The second kappa shape index (κ2) is 5.75. The molecule has 0 unspecified atom stereocenters. The number of nitrogen functional groups attached to an aromatic ring is 1. The molecular weight excluding hydrogens is 308 g/mol. The molecule has 0 saturated heterocycles. The first-order valence-electron chi connectivity index (χ1n) is 5.68. The summed E-state index contributed by atoms with van der Waals surface area (Å²) in [6, 6.07) is 11.9. The van der Waals surface area contributed by atoms with E-state index in [1.54, 1.807) is 42.5 Å². The van der Waals surface area contributed by atoms with Gasteiger partial charge in [0.1, 0.15) is 5.75 Å². The molecule has 2 aromatic carbocycles. The molecule has 0 fully saturated rings. The number of amides is 1. The number of nitrogens with one attached hydrogen (secondary N) is 1. The van der Waals surface area contributed by atoms with Crippen LogP contribution in [0.15, 0.2) is 46.9 Å². The number of anilines is 1. The number of rotatable bonds is 3. The Morgan fingerprint density at radius 1 is 1.26 bits per heavy atom. The van der Waals surface area contributed by atoms with Crippen LogP contribution in [-0.4, -0.2) is 11.0 Å². The Bertz CT molecular complexity index is 614. The van der Waals surface area contributed by atoms with E-state index < -0.39 is 0 Å². The number of benzene rings is 2. The van der Waals surface area contributed by atoms with Crippen LogP contribution >= 0.6 is 15.9 Å². The minimum absolute atomic E-state index is 0.162. The largest absolute Gasteiger partial charge is 0.508 e. The van der Waals surface area contributed by atoms with Gasteiger partial charge in [0.25, 0.3) is 5.91 Å². The average Bonchev–Trinajstić information content (AvgIpc) is 2.40. The van der Waals surface area contributed by atoms with Gasteiger partial charge in [-0.2, -0.15) is 0 Å². The van der Waals surface area contributed by atoms with E-state index in [1.807, 2.05) is 0 Å². The summed E-state index contributed by atoms with van der Waals surface area (Å²) in [5, 5.41) is 12.4. The molecule has 4 N–H and O–H groups in total. The maximum absolute atomic E-state index is 12.0. The summed E-state index contributed by atoms with van der Waals surface area (Å²) in [5.74, 6) is -0.0862. The lowest BCUT2D eigenvalue weighted by molar-refractivity contribution is 0.0950. The van der Waals surface area contributed by atoms with Crippen molar-refractivity contribution in [3.63, 3.8) is 0 Å². The van der Waals surface area contributed by atoms with Crippen molar-refractivity contribution in [2.45, 2.75) is 6.54 Å². The van der Waals surface area contributed by atoms with Crippen LogP contribution in [-0.2, 0) is 6.54 Å². The summed E-state index contributed by atoms with van der Waals surface area (Å²) in [7, 11) is 0. The molecule has 0 heterocycles. The first kappa shape index (κ1) is 13.4. The monoisotopic (exact) mass is 320 g/mol. The van der Waals surface area contributed by atoms with E-state index in [1.165, 1.54) is 0 Å². The van der Waals surface area contributed by atoms with Crippen LogP contribution in [0.1, 0.15) is 15.9 Å². The molecule has 0 bridgehead atoms. The van der Waals surface area contributed by atoms with Crippen LogP contribution in [0.5, 0.6) is 5.75 Å². The van der Waals surface area contributed by atoms with Gasteiger partial charge in [-0.25, -0.2) is 0 Å². The van der Waals surface area contributed by atoms with E-state index in [0.717, 1.165) is 0 Å². The quantitative estimate of drug-likeness (QED) is 0.761. The van der Waals surface area contributed by atoms with Crippen LogP contribution in [0, 0.1) is 0 Å². The van der Waals surface area contributed by atoms with Crippen molar-refractivity contribution >= 4 is 27.5 Å². The third kappa shape index (κ3) is 3.26. The summed E-state index contributed by atoms with van der Waals surface area (Å²) >= 11 is 3.31. The van der Waals surface area contributed by atoms with Crippen LogP contribution in [0.2, 0.25) is 0 Å². The average molecular weight is 321 g/mol. The highest BCUT2D eigenvalue weighted by atomic mass is 79.9. The highest BCUT2D eigenvalue weighted by Gasteiger charge is 2.10. The van der Waals surface area contributed by atoms with Crippen molar-refractivity contribution in [3.8, 4) is 5.75 Å². The SMILES string of the molecule is Nc1ccc(Br)c(C(=O)NCc2ccccc2O)c1. The van der Waals surface area contributed by atoms with Gasteiger partial charge in [0.05, 0.1) is 5.56 Å². The number of nitrogens with two attached hydrogens (primary N) is 1. The highest BCUT2D eigenvalue weighted by molar-refractivity contribution is 9.10. The predicted octanol–water partition coefficient (Wildman–Crippen LogP) is 2.67. The predicted molar refractivity (Wildman–Crippen MR) is 77.8 cm³/mol. The molecule has 0 saturated carbocycles. The second-order valence-electron chi connectivity index (χ2n) is 4.05. The minimum Gasteiger partial charge on any atom is -0.508 e. The fourth-order valence-electron chi connectivity index (χ4n) is 1.65.